The Labute approximate surface area is 153 Å². The second kappa shape index (κ2) is 7.28. The van der Waals surface area contributed by atoms with Gasteiger partial charge in [-0.3, -0.25) is 14.6 Å². The summed E-state index contributed by atoms with van der Waals surface area (Å²) in [5.74, 6) is 0.285. The largest absolute Gasteiger partial charge is 0.339 e. The molecule has 0 spiro atoms. The highest BCUT2D eigenvalue weighted by Gasteiger charge is 2.29. The van der Waals surface area contributed by atoms with Crippen LogP contribution in [0.25, 0.3) is 0 Å². The number of hydrogen-bond acceptors (Lipinski definition) is 3. The third-order valence-corrected chi connectivity index (χ3v) is 5.06. The van der Waals surface area contributed by atoms with Crippen LogP contribution in [0, 0.1) is 0 Å². The Hall–Kier alpha value is -2.69. The van der Waals surface area contributed by atoms with Gasteiger partial charge in [-0.25, -0.2) is 0 Å². The molecular formula is C21H23N3O2. The number of nitrogens with zero attached hydrogens (tertiary/aromatic N) is 2. The zero-order chi connectivity index (χ0) is 17.9. The Kier molecular flexibility index (Phi) is 4.69. The van der Waals surface area contributed by atoms with Crippen molar-refractivity contribution >= 4 is 17.5 Å². The van der Waals surface area contributed by atoms with Crippen molar-refractivity contribution in [2.24, 2.45) is 0 Å². The van der Waals surface area contributed by atoms with Crippen LogP contribution in [0.1, 0.15) is 64.4 Å². The molecule has 1 N–H and O–H groups in total. The third-order valence-electron chi connectivity index (χ3n) is 5.06. The molecule has 0 unspecified atom stereocenters. The molecule has 1 aromatic heterocycles. The lowest BCUT2D eigenvalue weighted by atomic mass is 10.1. The van der Waals surface area contributed by atoms with Gasteiger partial charge < -0.3 is 10.2 Å². The smallest absolute Gasteiger partial charge is 0.257 e. The molecule has 1 aliphatic heterocycles. The first kappa shape index (κ1) is 16.8. The summed E-state index contributed by atoms with van der Waals surface area (Å²) in [6.45, 7) is 1.63. The van der Waals surface area contributed by atoms with E-state index in [1.807, 2.05) is 29.2 Å². The minimum Gasteiger partial charge on any atom is -0.339 e. The molecule has 5 heteroatoms. The monoisotopic (exact) mass is 349 g/mol. The minimum absolute atomic E-state index is 0.0425. The van der Waals surface area contributed by atoms with Crippen LogP contribution in [0.2, 0.25) is 0 Å². The van der Waals surface area contributed by atoms with E-state index in [-0.39, 0.29) is 11.8 Å². The fourth-order valence-corrected chi connectivity index (χ4v) is 3.50. The number of carbonyl (C=O) groups is 2. The second-order valence-corrected chi connectivity index (χ2v) is 7.10. The summed E-state index contributed by atoms with van der Waals surface area (Å²) in [7, 11) is 0. The van der Waals surface area contributed by atoms with Gasteiger partial charge in [0.25, 0.3) is 11.8 Å². The van der Waals surface area contributed by atoms with Gasteiger partial charge in [0.05, 0.1) is 11.3 Å². The Morgan fingerprint density at radius 3 is 2.62 bits per heavy atom. The van der Waals surface area contributed by atoms with Crippen molar-refractivity contribution in [3.63, 3.8) is 0 Å². The van der Waals surface area contributed by atoms with Crippen molar-refractivity contribution in [3.05, 3.63) is 59.4 Å². The summed E-state index contributed by atoms with van der Waals surface area (Å²) in [6, 6.07) is 10.8. The Bertz CT molecular complexity index is 824. The molecule has 1 aliphatic carbocycles. The maximum absolute atomic E-state index is 12.7. The van der Waals surface area contributed by atoms with Gasteiger partial charge in [0, 0.05) is 36.5 Å². The van der Waals surface area contributed by atoms with Crippen molar-refractivity contribution in [1.82, 2.24) is 9.88 Å². The van der Waals surface area contributed by atoms with Crippen molar-refractivity contribution in [2.45, 2.75) is 38.0 Å². The first-order valence-corrected chi connectivity index (χ1v) is 9.38. The van der Waals surface area contributed by atoms with Crippen molar-refractivity contribution < 1.29 is 9.59 Å². The average molecular weight is 349 g/mol. The van der Waals surface area contributed by atoms with Gasteiger partial charge in [-0.05, 0) is 62.4 Å². The van der Waals surface area contributed by atoms with Gasteiger partial charge in [0.1, 0.15) is 0 Å². The number of anilines is 1. The van der Waals surface area contributed by atoms with E-state index < -0.39 is 0 Å². The summed E-state index contributed by atoms with van der Waals surface area (Å²) < 4.78 is 0. The summed E-state index contributed by atoms with van der Waals surface area (Å²) in [4.78, 5) is 31.7. The van der Waals surface area contributed by atoms with E-state index in [2.05, 4.69) is 10.3 Å². The predicted octanol–water partition coefficient (Wildman–Crippen LogP) is 3.84. The lowest BCUT2D eigenvalue weighted by molar-refractivity contribution is 0.0724. The van der Waals surface area contributed by atoms with Crippen molar-refractivity contribution in [2.75, 3.05) is 18.4 Å². The van der Waals surface area contributed by atoms with Gasteiger partial charge in [-0.15, -0.1) is 0 Å². The molecule has 26 heavy (non-hydrogen) atoms. The molecule has 2 fully saturated rings. The van der Waals surface area contributed by atoms with E-state index in [1.165, 1.54) is 6.42 Å². The zero-order valence-corrected chi connectivity index (χ0v) is 14.8. The van der Waals surface area contributed by atoms with Gasteiger partial charge in [0.2, 0.25) is 0 Å². The highest BCUT2D eigenvalue weighted by Crippen LogP contribution is 2.40. The van der Waals surface area contributed by atoms with Gasteiger partial charge in [0.15, 0.2) is 0 Å². The number of benzene rings is 1. The summed E-state index contributed by atoms with van der Waals surface area (Å²) >= 11 is 0. The number of nitrogens with one attached hydrogen (secondary N) is 1. The standard InChI is InChI=1S/C21H23N3O2/c25-20(18-8-5-11-22-19(18)15-9-10-15)23-17-7-4-6-16(14-17)21(26)24-12-2-1-3-13-24/h4-8,11,14-15H,1-3,9-10,12-13H2,(H,23,25). The van der Waals surface area contributed by atoms with Crippen LogP contribution in [0.4, 0.5) is 5.69 Å². The van der Waals surface area contributed by atoms with Crippen LogP contribution < -0.4 is 5.32 Å². The molecule has 2 aliphatic rings. The molecule has 2 aromatic rings. The van der Waals surface area contributed by atoms with E-state index in [0.29, 0.717) is 22.7 Å². The maximum atomic E-state index is 12.7. The molecule has 2 heterocycles. The molecule has 4 rings (SSSR count). The summed E-state index contributed by atoms with van der Waals surface area (Å²) in [5, 5.41) is 2.93. The normalized spacial score (nSPS) is 17.0. The Morgan fingerprint density at radius 2 is 1.85 bits per heavy atom. The number of pyridine rings is 1. The number of likely N-dealkylation sites (tertiary alicyclic amines) is 1. The van der Waals surface area contributed by atoms with Crippen LogP contribution in [0.3, 0.4) is 0 Å². The average Bonchev–Trinajstić information content (AvgIpc) is 3.53. The SMILES string of the molecule is O=C(Nc1cccc(C(=O)N2CCCCC2)c1)c1cccnc1C1CC1. The van der Waals surface area contributed by atoms with Crippen LogP contribution in [-0.2, 0) is 0 Å². The highest BCUT2D eigenvalue weighted by molar-refractivity contribution is 6.06. The van der Waals surface area contributed by atoms with E-state index in [4.69, 9.17) is 0 Å². The second-order valence-electron chi connectivity index (χ2n) is 7.10. The number of carbonyl (C=O) groups excluding carboxylic acids is 2. The van der Waals surface area contributed by atoms with Crippen LogP contribution in [0.5, 0.6) is 0 Å². The van der Waals surface area contributed by atoms with Crippen LogP contribution in [0.15, 0.2) is 42.6 Å². The summed E-state index contributed by atoms with van der Waals surface area (Å²) in [6.07, 6.45) is 7.24. The first-order valence-electron chi connectivity index (χ1n) is 9.38. The molecule has 1 saturated heterocycles. The van der Waals surface area contributed by atoms with Gasteiger partial charge in [-0.2, -0.15) is 0 Å². The molecule has 5 nitrogen and oxygen atoms in total. The van der Waals surface area contributed by atoms with E-state index in [9.17, 15) is 9.59 Å². The lowest BCUT2D eigenvalue weighted by Crippen LogP contribution is -2.35. The molecule has 0 bridgehead atoms. The number of hydrogen-bond donors (Lipinski definition) is 1. The molecule has 0 atom stereocenters. The Morgan fingerprint density at radius 1 is 1.04 bits per heavy atom. The van der Waals surface area contributed by atoms with Crippen LogP contribution >= 0.6 is 0 Å². The Balaban J connectivity index is 1.50. The zero-order valence-electron chi connectivity index (χ0n) is 14.8. The first-order chi connectivity index (χ1) is 12.7. The number of piperidine rings is 1. The molecule has 2 amide bonds. The number of aromatic nitrogens is 1. The van der Waals surface area contributed by atoms with E-state index >= 15 is 0 Å². The van der Waals surface area contributed by atoms with Gasteiger partial charge >= 0.3 is 0 Å². The fourth-order valence-electron chi connectivity index (χ4n) is 3.50. The van der Waals surface area contributed by atoms with Crippen molar-refractivity contribution in [3.8, 4) is 0 Å². The third kappa shape index (κ3) is 3.62. The fraction of sp³-hybridized carbons (Fsp3) is 0.381. The van der Waals surface area contributed by atoms with E-state index in [0.717, 1.165) is 44.5 Å². The van der Waals surface area contributed by atoms with Gasteiger partial charge in [-0.1, -0.05) is 6.07 Å². The maximum Gasteiger partial charge on any atom is 0.257 e. The van der Waals surface area contributed by atoms with Crippen molar-refractivity contribution in [1.29, 1.82) is 0 Å². The predicted molar refractivity (Wildman–Crippen MR) is 100 cm³/mol. The molecule has 134 valence electrons. The quantitative estimate of drug-likeness (QED) is 0.912. The molecule has 0 radical (unpaired) electrons. The number of rotatable bonds is 4. The molecule has 1 aromatic carbocycles. The molecular weight excluding hydrogens is 326 g/mol. The highest BCUT2D eigenvalue weighted by atomic mass is 16.2. The van der Waals surface area contributed by atoms with E-state index in [1.54, 1.807) is 18.3 Å². The topological polar surface area (TPSA) is 62.3 Å². The molecule has 1 saturated carbocycles. The summed E-state index contributed by atoms with van der Waals surface area (Å²) in [5.41, 5.74) is 2.77. The minimum atomic E-state index is -0.164. The lowest BCUT2D eigenvalue weighted by Gasteiger charge is -2.26. The number of amides is 2. The van der Waals surface area contributed by atoms with Crippen LogP contribution in [-0.4, -0.2) is 34.8 Å².